The van der Waals surface area contributed by atoms with E-state index in [0.717, 1.165) is 29.5 Å². The molecule has 0 saturated carbocycles. The van der Waals surface area contributed by atoms with E-state index < -0.39 is 0 Å². The number of nitrogens with zero attached hydrogens (tertiary/aromatic N) is 2. The zero-order chi connectivity index (χ0) is 19.2. The number of hydrogen-bond donors (Lipinski definition) is 2. The van der Waals surface area contributed by atoms with Crippen molar-refractivity contribution in [3.8, 4) is 17.0 Å². The quantitative estimate of drug-likeness (QED) is 0.760. The van der Waals surface area contributed by atoms with Crippen LogP contribution in [0.2, 0.25) is 0 Å². The third kappa shape index (κ3) is 4.57. The van der Waals surface area contributed by atoms with Crippen LogP contribution in [0.4, 0.5) is 5.13 Å². The summed E-state index contributed by atoms with van der Waals surface area (Å²) in [6, 6.07) is 5.28. The Morgan fingerprint density at radius 3 is 2.78 bits per heavy atom. The highest BCUT2D eigenvalue weighted by atomic mass is 32.1. The van der Waals surface area contributed by atoms with Gasteiger partial charge in [-0.15, -0.1) is 11.3 Å². The van der Waals surface area contributed by atoms with Crippen LogP contribution in [0.5, 0.6) is 5.75 Å². The molecule has 1 aromatic heterocycles. The van der Waals surface area contributed by atoms with Gasteiger partial charge in [-0.3, -0.25) is 9.59 Å². The summed E-state index contributed by atoms with van der Waals surface area (Å²) < 4.78 is 5.46. The van der Waals surface area contributed by atoms with Gasteiger partial charge in [0.25, 0.3) is 5.91 Å². The van der Waals surface area contributed by atoms with Crippen molar-refractivity contribution >= 4 is 28.3 Å². The number of ether oxygens (including phenoxy) is 1. The normalized spacial score (nSPS) is 13.5. The van der Waals surface area contributed by atoms with Crippen molar-refractivity contribution in [3.63, 3.8) is 0 Å². The maximum atomic E-state index is 12.4. The van der Waals surface area contributed by atoms with Crippen LogP contribution in [0.25, 0.3) is 11.3 Å². The molecule has 0 spiro atoms. The molecule has 0 unspecified atom stereocenters. The molecule has 1 aromatic carbocycles. The molecule has 27 heavy (non-hydrogen) atoms. The van der Waals surface area contributed by atoms with Gasteiger partial charge in [0.05, 0.1) is 12.8 Å². The van der Waals surface area contributed by atoms with Crippen LogP contribution < -0.4 is 20.3 Å². The summed E-state index contributed by atoms with van der Waals surface area (Å²) in [7, 11) is 3.18. The minimum absolute atomic E-state index is 0.109. The summed E-state index contributed by atoms with van der Waals surface area (Å²) in [5.41, 5.74) is 2.11. The average molecular weight is 388 g/mol. The van der Waals surface area contributed by atoms with E-state index >= 15 is 0 Å². The van der Waals surface area contributed by atoms with E-state index in [1.165, 1.54) is 12.8 Å². The molecule has 2 aromatic rings. The zero-order valence-electron chi connectivity index (χ0n) is 15.6. The first kappa shape index (κ1) is 19.2. The van der Waals surface area contributed by atoms with E-state index in [1.807, 2.05) is 5.38 Å². The predicted molar refractivity (Wildman–Crippen MR) is 107 cm³/mol. The third-order valence-electron chi connectivity index (χ3n) is 4.52. The summed E-state index contributed by atoms with van der Waals surface area (Å²) in [6.45, 7) is 2.37. The van der Waals surface area contributed by atoms with Gasteiger partial charge in [0.15, 0.2) is 5.13 Å². The number of anilines is 1. The SMILES string of the molecule is CNC(=O)CCNC(=O)c1ccc(OC)c(-c2csc(N3CCCC3)n2)c1. The van der Waals surface area contributed by atoms with Crippen LogP contribution in [0.3, 0.4) is 0 Å². The molecule has 2 amide bonds. The number of rotatable bonds is 7. The van der Waals surface area contributed by atoms with Crippen LogP contribution in [0.1, 0.15) is 29.6 Å². The van der Waals surface area contributed by atoms with E-state index in [-0.39, 0.29) is 24.8 Å². The molecule has 1 saturated heterocycles. The van der Waals surface area contributed by atoms with Gasteiger partial charge in [-0.05, 0) is 31.0 Å². The molecule has 7 nitrogen and oxygen atoms in total. The summed E-state index contributed by atoms with van der Waals surface area (Å²) in [4.78, 5) is 30.7. The molecule has 0 atom stereocenters. The first-order chi connectivity index (χ1) is 13.1. The van der Waals surface area contributed by atoms with Crippen LogP contribution in [0, 0.1) is 0 Å². The summed E-state index contributed by atoms with van der Waals surface area (Å²) >= 11 is 1.61. The van der Waals surface area contributed by atoms with Crippen molar-refractivity contribution in [2.45, 2.75) is 19.3 Å². The van der Waals surface area contributed by atoms with Gasteiger partial charge in [-0.2, -0.15) is 0 Å². The summed E-state index contributed by atoms with van der Waals surface area (Å²) in [5.74, 6) is 0.343. The molecular formula is C19H24N4O3S. The van der Waals surface area contributed by atoms with Crippen LogP contribution in [-0.2, 0) is 4.79 Å². The molecule has 2 heterocycles. The van der Waals surface area contributed by atoms with E-state index in [9.17, 15) is 9.59 Å². The number of methoxy groups -OCH3 is 1. The molecule has 0 bridgehead atoms. The number of hydrogen-bond acceptors (Lipinski definition) is 6. The molecule has 0 aliphatic carbocycles. The van der Waals surface area contributed by atoms with Gasteiger partial charge in [0, 0.05) is 49.6 Å². The van der Waals surface area contributed by atoms with E-state index in [0.29, 0.717) is 11.3 Å². The average Bonchev–Trinajstić information content (AvgIpc) is 3.38. The van der Waals surface area contributed by atoms with Gasteiger partial charge in [0.1, 0.15) is 5.75 Å². The molecule has 1 fully saturated rings. The monoisotopic (exact) mass is 388 g/mol. The van der Waals surface area contributed by atoms with Crippen LogP contribution in [-0.4, -0.2) is 50.6 Å². The summed E-state index contributed by atoms with van der Waals surface area (Å²) in [5, 5.41) is 8.30. The highest BCUT2D eigenvalue weighted by molar-refractivity contribution is 7.14. The number of aromatic nitrogens is 1. The predicted octanol–water partition coefficient (Wildman–Crippen LogP) is 2.28. The van der Waals surface area contributed by atoms with Crippen molar-refractivity contribution in [2.75, 3.05) is 38.7 Å². The number of thiazole rings is 1. The highest BCUT2D eigenvalue weighted by Crippen LogP contribution is 2.35. The Kier molecular flexibility index (Phi) is 6.28. The third-order valence-corrected chi connectivity index (χ3v) is 5.42. The molecule has 2 N–H and O–H groups in total. The standard InChI is InChI=1S/C19H24N4O3S/c1-20-17(24)7-8-21-18(25)13-5-6-16(26-2)14(11-13)15-12-27-19(22-15)23-9-3-4-10-23/h5-6,11-12H,3-4,7-10H2,1-2H3,(H,20,24)(H,21,25). The fourth-order valence-electron chi connectivity index (χ4n) is 3.01. The molecule has 1 aliphatic heterocycles. The zero-order valence-corrected chi connectivity index (χ0v) is 16.4. The second kappa shape index (κ2) is 8.85. The van der Waals surface area contributed by atoms with Gasteiger partial charge in [0.2, 0.25) is 5.91 Å². The molecule has 3 rings (SSSR count). The second-order valence-corrected chi connectivity index (χ2v) is 7.14. The Hall–Kier alpha value is -2.61. The van der Waals surface area contributed by atoms with Crippen LogP contribution in [0.15, 0.2) is 23.6 Å². The smallest absolute Gasteiger partial charge is 0.251 e. The molecule has 144 valence electrons. The highest BCUT2D eigenvalue weighted by Gasteiger charge is 2.18. The number of carbonyl (C=O) groups excluding carboxylic acids is 2. The van der Waals surface area contributed by atoms with Crippen molar-refractivity contribution in [2.24, 2.45) is 0 Å². The Morgan fingerprint density at radius 2 is 2.07 bits per heavy atom. The Labute approximate surface area is 162 Å². The lowest BCUT2D eigenvalue weighted by Crippen LogP contribution is -2.29. The Balaban J connectivity index is 1.77. The minimum Gasteiger partial charge on any atom is -0.496 e. The molecular weight excluding hydrogens is 364 g/mol. The minimum atomic E-state index is -0.224. The Bertz CT molecular complexity index is 815. The van der Waals surface area contributed by atoms with Crippen molar-refractivity contribution in [1.29, 1.82) is 0 Å². The molecule has 0 radical (unpaired) electrons. The lowest BCUT2D eigenvalue weighted by Gasteiger charge is -2.13. The maximum Gasteiger partial charge on any atom is 0.251 e. The number of amides is 2. The van der Waals surface area contributed by atoms with Crippen molar-refractivity contribution in [3.05, 3.63) is 29.1 Å². The van der Waals surface area contributed by atoms with Gasteiger partial charge in [-0.1, -0.05) is 0 Å². The number of carbonyl (C=O) groups is 2. The van der Waals surface area contributed by atoms with Crippen molar-refractivity contribution in [1.82, 2.24) is 15.6 Å². The van der Waals surface area contributed by atoms with E-state index in [4.69, 9.17) is 9.72 Å². The first-order valence-electron chi connectivity index (χ1n) is 9.00. The molecule has 8 heteroatoms. The van der Waals surface area contributed by atoms with Gasteiger partial charge < -0.3 is 20.3 Å². The van der Waals surface area contributed by atoms with E-state index in [2.05, 4.69) is 15.5 Å². The fraction of sp³-hybridized carbons (Fsp3) is 0.421. The number of benzene rings is 1. The van der Waals surface area contributed by atoms with Gasteiger partial charge >= 0.3 is 0 Å². The van der Waals surface area contributed by atoms with Gasteiger partial charge in [-0.25, -0.2) is 4.98 Å². The van der Waals surface area contributed by atoms with E-state index in [1.54, 1.807) is 43.7 Å². The van der Waals surface area contributed by atoms with Crippen molar-refractivity contribution < 1.29 is 14.3 Å². The second-order valence-electron chi connectivity index (χ2n) is 6.30. The molecule has 1 aliphatic rings. The topological polar surface area (TPSA) is 83.6 Å². The maximum absolute atomic E-state index is 12.4. The summed E-state index contributed by atoms with van der Waals surface area (Å²) in [6.07, 6.45) is 2.64. The van der Waals surface area contributed by atoms with Crippen LogP contribution >= 0.6 is 11.3 Å². The fourth-order valence-corrected chi connectivity index (χ4v) is 3.89. The lowest BCUT2D eigenvalue weighted by atomic mass is 10.1. The lowest BCUT2D eigenvalue weighted by molar-refractivity contribution is -0.120. The first-order valence-corrected chi connectivity index (χ1v) is 9.88. The number of nitrogens with one attached hydrogen (secondary N) is 2. The Morgan fingerprint density at radius 1 is 1.30 bits per heavy atom. The largest absolute Gasteiger partial charge is 0.496 e.